The van der Waals surface area contributed by atoms with Crippen molar-refractivity contribution in [3.05, 3.63) is 22.8 Å². The first kappa shape index (κ1) is 8.47. The van der Waals surface area contributed by atoms with Gasteiger partial charge in [0.2, 0.25) is 0 Å². The summed E-state index contributed by atoms with van der Waals surface area (Å²) in [5.74, 6) is 0. The van der Waals surface area contributed by atoms with Gasteiger partial charge in [-0.25, -0.2) is 0 Å². The Labute approximate surface area is 73.0 Å². The Kier molecular flexibility index (Phi) is 2.14. The van der Waals surface area contributed by atoms with Crippen LogP contribution in [0.1, 0.15) is 16.7 Å². The average molecular weight is 167 g/mol. The van der Waals surface area contributed by atoms with Crippen LogP contribution in [0.3, 0.4) is 0 Å². The highest BCUT2D eigenvalue weighted by Crippen LogP contribution is 2.26. The molecule has 0 atom stereocenters. The van der Waals surface area contributed by atoms with Crippen LogP contribution in [0.25, 0.3) is 0 Å². The van der Waals surface area contributed by atoms with E-state index in [9.17, 15) is 0 Å². The zero-order valence-corrected chi connectivity index (χ0v) is 8.00. The van der Waals surface area contributed by atoms with E-state index in [0.29, 0.717) is 0 Å². The van der Waals surface area contributed by atoms with Gasteiger partial charge in [0.1, 0.15) is 0 Å². The summed E-state index contributed by atoms with van der Waals surface area (Å²) < 4.78 is 0. The molecule has 0 unspecified atom stereocenters. The van der Waals surface area contributed by atoms with Gasteiger partial charge in [0.05, 0.1) is 0 Å². The monoisotopic (exact) mass is 167 g/mol. The van der Waals surface area contributed by atoms with Crippen molar-refractivity contribution in [3.8, 4) is 0 Å². The van der Waals surface area contributed by atoms with Gasteiger partial charge in [-0.15, -0.1) is 12.6 Å². The third-order valence-corrected chi connectivity index (χ3v) is 2.65. The van der Waals surface area contributed by atoms with Crippen molar-refractivity contribution in [2.24, 2.45) is 0 Å². The van der Waals surface area contributed by atoms with Crippen LogP contribution >= 0.6 is 12.6 Å². The minimum absolute atomic E-state index is 0.811. The van der Waals surface area contributed by atoms with E-state index in [4.69, 9.17) is 5.73 Å². The normalized spacial score (nSPS) is 10.2. The van der Waals surface area contributed by atoms with Gasteiger partial charge in [-0.1, -0.05) is 6.07 Å². The molecule has 0 radical (unpaired) electrons. The summed E-state index contributed by atoms with van der Waals surface area (Å²) in [7, 11) is 0. The van der Waals surface area contributed by atoms with E-state index in [1.54, 1.807) is 0 Å². The molecule has 11 heavy (non-hydrogen) atoms. The Morgan fingerprint density at radius 2 is 1.73 bits per heavy atom. The standard InChI is InChI=1S/C9H13NS/c1-5-4-6(2)9(11)8(10)7(5)3/h4,11H,10H2,1-3H3. The van der Waals surface area contributed by atoms with Crippen LogP contribution in [0.4, 0.5) is 5.69 Å². The SMILES string of the molecule is Cc1cc(C)c(S)c(N)c1C. The van der Waals surface area contributed by atoms with Crippen LogP contribution in [-0.4, -0.2) is 0 Å². The molecule has 0 amide bonds. The Bertz CT molecular complexity index is 266. The zero-order chi connectivity index (χ0) is 8.59. The Balaban J connectivity index is 3.46. The Morgan fingerprint density at radius 1 is 1.18 bits per heavy atom. The van der Waals surface area contributed by atoms with E-state index >= 15 is 0 Å². The maximum Gasteiger partial charge on any atom is 0.0484 e. The van der Waals surface area contributed by atoms with Gasteiger partial charge >= 0.3 is 0 Å². The second kappa shape index (κ2) is 2.78. The predicted molar refractivity (Wildman–Crippen MR) is 52.3 cm³/mol. The Morgan fingerprint density at radius 3 is 2.27 bits per heavy atom. The highest BCUT2D eigenvalue weighted by molar-refractivity contribution is 7.80. The second-order valence-electron chi connectivity index (χ2n) is 2.90. The van der Waals surface area contributed by atoms with Crippen molar-refractivity contribution in [2.45, 2.75) is 25.7 Å². The molecule has 0 aromatic heterocycles. The molecule has 0 heterocycles. The number of aryl methyl sites for hydroxylation is 2. The zero-order valence-electron chi connectivity index (χ0n) is 7.10. The summed E-state index contributed by atoms with van der Waals surface area (Å²) in [4.78, 5) is 0.910. The van der Waals surface area contributed by atoms with Crippen LogP contribution in [-0.2, 0) is 0 Å². The number of nitrogens with two attached hydrogens (primary N) is 1. The number of anilines is 1. The molecule has 0 saturated heterocycles. The van der Waals surface area contributed by atoms with E-state index < -0.39 is 0 Å². The van der Waals surface area contributed by atoms with E-state index in [-0.39, 0.29) is 0 Å². The predicted octanol–water partition coefficient (Wildman–Crippen LogP) is 2.48. The molecule has 0 aliphatic rings. The number of rotatable bonds is 0. The molecule has 0 aliphatic carbocycles. The molecule has 0 aliphatic heterocycles. The maximum absolute atomic E-state index is 5.81. The van der Waals surface area contributed by atoms with Gasteiger partial charge in [-0.3, -0.25) is 0 Å². The van der Waals surface area contributed by atoms with Crippen LogP contribution in [0, 0.1) is 20.8 Å². The van der Waals surface area contributed by atoms with Crippen molar-refractivity contribution in [1.29, 1.82) is 0 Å². The fourth-order valence-corrected chi connectivity index (χ4v) is 1.34. The van der Waals surface area contributed by atoms with Crippen molar-refractivity contribution < 1.29 is 0 Å². The molecular formula is C9H13NS. The first-order chi connectivity index (χ1) is 5.04. The van der Waals surface area contributed by atoms with E-state index in [1.165, 1.54) is 5.56 Å². The molecule has 60 valence electrons. The van der Waals surface area contributed by atoms with Crippen LogP contribution in [0.5, 0.6) is 0 Å². The first-order valence-electron chi connectivity index (χ1n) is 3.59. The minimum Gasteiger partial charge on any atom is -0.398 e. The lowest BCUT2D eigenvalue weighted by atomic mass is 10.0. The van der Waals surface area contributed by atoms with Gasteiger partial charge in [-0.2, -0.15) is 0 Å². The van der Waals surface area contributed by atoms with Crippen molar-refractivity contribution in [1.82, 2.24) is 0 Å². The Hall–Kier alpha value is -0.630. The quantitative estimate of drug-likeness (QED) is 0.450. The first-order valence-corrected chi connectivity index (χ1v) is 4.04. The van der Waals surface area contributed by atoms with Crippen molar-refractivity contribution >= 4 is 18.3 Å². The summed E-state index contributed by atoms with van der Waals surface area (Å²) in [6, 6.07) is 2.11. The molecule has 0 fully saturated rings. The summed E-state index contributed by atoms with van der Waals surface area (Å²) >= 11 is 4.30. The van der Waals surface area contributed by atoms with Gasteiger partial charge in [-0.05, 0) is 37.5 Å². The number of benzene rings is 1. The summed E-state index contributed by atoms with van der Waals surface area (Å²) in [5.41, 5.74) is 10.1. The number of nitrogen functional groups attached to an aromatic ring is 1. The van der Waals surface area contributed by atoms with Crippen LogP contribution in [0.15, 0.2) is 11.0 Å². The molecule has 0 saturated carbocycles. The van der Waals surface area contributed by atoms with Gasteiger partial charge in [0, 0.05) is 10.6 Å². The molecule has 1 aromatic carbocycles. The fourth-order valence-electron chi connectivity index (χ4n) is 1.10. The maximum atomic E-state index is 5.81. The molecule has 1 aromatic rings. The molecule has 1 nitrogen and oxygen atoms in total. The lowest BCUT2D eigenvalue weighted by Gasteiger charge is -2.09. The van der Waals surface area contributed by atoms with Crippen LogP contribution < -0.4 is 5.73 Å². The third kappa shape index (κ3) is 1.36. The summed E-state index contributed by atoms with van der Waals surface area (Å²) in [5, 5.41) is 0. The minimum atomic E-state index is 0.811. The number of hydrogen-bond donors (Lipinski definition) is 2. The third-order valence-electron chi connectivity index (χ3n) is 2.06. The second-order valence-corrected chi connectivity index (χ2v) is 3.34. The highest BCUT2D eigenvalue weighted by atomic mass is 32.1. The molecule has 0 spiro atoms. The highest BCUT2D eigenvalue weighted by Gasteiger charge is 2.04. The fraction of sp³-hybridized carbons (Fsp3) is 0.333. The largest absolute Gasteiger partial charge is 0.398 e. The molecule has 2 heteroatoms. The number of thiol groups is 1. The summed E-state index contributed by atoms with van der Waals surface area (Å²) in [6.45, 7) is 6.10. The van der Waals surface area contributed by atoms with Gasteiger partial charge in [0.25, 0.3) is 0 Å². The van der Waals surface area contributed by atoms with Gasteiger partial charge in [0.15, 0.2) is 0 Å². The van der Waals surface area contributed by atoms with E-state index in [2.05, 4.69) is 25.6 Å². The molecule has 0 bridgehead atoms. The van der Waals surface area contributed by atoms with Crippen molar-refractivity contribution in [2.75, 3.05) is 5.73 Å². The lowest BCUT2D eigenvalue weighted by molar-refractivity contribution is 1.22. The van der Waals surface area contributed by atoms with Crippen LogP contribution in [0.2, 0.25) is 0 Å². The smallest absolute Gasteiger partial charge is 0.0484 e. The van der Waals surface area contributed by atoms with E-state index in [0.717, 1.165) is 21.7 Å². The number of hydrogen-bond acceptors (Lipinski definition) is 2. The lowest BCUT2D eigenvalue weighted by Crippen LogP contribution is -1.96. The van der Waals surface area contributed by atoms with E-state index in [1.807, 2.05) is 13.8 Å². The van der Waals surface area contributed by atoms with Gasteiger partial charge < -0.3 is 5.73 Å². The summed E-state index contributed by atoms with van der Waals surface area (Å²) in [6.07, 6.45) is 0. The average Bonchev–Trinajstić information content (AvgIpc) is 1.97. The molecule has 1 rings (SSSR count). The molecular weight excluding hydrogens is 154 g/mol. The molecule has 2 N–H and O–H groups in total. The topological polar surface area (TPSA) is 26.0 Å². The van der Waals surface area contributed by atoms with Crippen molar-refractivity contribution in [3.63, 3.8) is 0 Å².